The number of rotatable bonds is 0. The molecule has 12 heavy (non-hydrogen) atoms. The topological polar surface area (TPSA) is 21.7 Å². The zero-order valence-corrected chi connectivity index (χ0v) is 8.09. The van der Waals surface area contributed by atoms with Gasteiger partial charge in [-0.05, 0) is 20.9 Å². The SMILES string of the molecule is CN1CC2(COC(C)(C)OC2)C1. The summed E-state index contributed by atoms with van der Waals surface area (Å²) in [6.45, 7) is 7.88. The van der Waals surface area contributed by atoms with Crippen molar-refractivity contribution >= 4 is 0 Å². The summed E-state index contributed by atoms with van der Waals surface area (Å²) in [7, 11) is 2.13. The molecule has 0 atom stereocenters. The quantitative estimate of drug-likeness (QED) is 0.535. The molecule has 3 heteroatoms. The Labute approximate surface area is 73.6 Å². The molecule has 0 aromatic carbocycles. The lowest BCUT2D eigenvalue weighted by Gasteiger charge is -2.53. The first kappa shape index (κ1) is 8.48. The molecule has 1 spiro atoms. The first-order valence-corrected chi connectivity index (χ1v) is 4.48. The molecule has 2 saturated heterocycles. The van der Waals surface area contributed by atoms with Crippen LogP contribution in [0.5, 0.6) is 0 Å². The van der Waals surface area contributed by atoms with E-state index in [0.29, 0.717) is 5.41 Å². The molecule has 0 saturated carbocycles. The predicted octanol–water partition coefficient (Wildman–Crippen LogP) is 0.701. The molecule has 2 fully saturated rings. The number of nitrogens with zero attached hydrogens (tertiary/aromatic N) is 1. The molecule has 70 valence electrons. The normalized spacial score (nSPS) is 33.2. The summed E-state index contributed by atoms with van der Waals surface area (Å²) in [6.07, 6.45) is 0. The average molecular weight is 171 g/mol. The third kappa shape index (κ3) is 1.37. The Morgan fingerprint density at radius 1 is 1.08 bits per heavy atom. The minimum absolute atomic E-state index is 0.310. The Morgan fingerprint density at radius 2 is 1.58 bits per heavy atom. The summed E-state index contributed by atoms with van der Waals surface area (Å²) in [5, 5.41) is 0. The lowest BCUT2D eigenvalue weighted by molar-refractivity contribution is -0.303. The lowest BCUT2D eigenvalue weighted by atomic mass is 9.81. The van der Waals surface area contributed by atoms with Crippen LogP contribution < -0.4 is 0 Å². The second-order valence-corrected chi connectivity index (χ2v) is 4.65. The van der Waals surface area contributed by atoms with E-state index < -0.39 is 0 Å². The van der Waals surface area contributed by atoms with E-state index in [1.807, 2.05) is 13.8 Å². The minimum atomic E-state index is -0.362. The fourth-order valence-corrected chi connectivity index (χ4v) is 2.02. The summed E-state index contributed by atoms with van der Waals surface area (Å²) in [5.74, 6) is -0.362. The molecule has 0 aromatic heterocycles. The van der Waals surface area contributed by atoms with Gasteiger partial charge in [-0.2, -0.15) is 0 Å². The summed E-state index contributed by atoms with van der Waals surface area (Å²) in [4.78, 5) is 2.30. The van der Waals surface area contributed by atoms with Crippen molar-refractivity contribution in [1.82, 2.24) is 4.90 Å². The van der Waals surface area contributed by atoms with Crippen molar-refractivity contribution in [1.29, 1.82) is 0 Å². The molecule has 0 bridgehead atoms. The van der Waals surface area contributed by atoms with E-state index in [4.69, 9.17) is 9.47 Å². The largest absolute Gasteiger partial charge is 0.350 e. The number of likely N-dealkylation sites (tertiary alicyclic amines) is 1. The van der Waals surface area contributed by atoms with Gasteiger partial charge >= 0.3 is 0 Å². The highest BCUT2D eigenvalue weighted by Gasteiger charge is 2.47. The Kier molecular flexibility index (Phi) is 1.72. The Hall–Kier alpha value is -0.120. The first-order valence-electron chi connectivity index (χ1n) is 4.48. The van der Waals surface area contributed by atoms with E-state index in [2.05, 4.69) is 11.9 Å². The van der Waals surface area contributed by atoms with Gasteiger partial charge < -0.3 is 14.4 Å². The van der Waals surface area contributed by atoms with Crippen molar-refractivity contribution in [2.75, 3.05) is 33.4 Å². The minimum Gasteiger partial charge on any atom is -0.350 e. The first-order chi connectivity index (χ1) is 5.52. The molecule has 2 aliphatic rings. The number of hydrogen-bond donors (Lipinski definition) is 0. The van der Waals surface area contributed by atoms with Crippen LogP contribution in [0.15, 0.2) is 0 Å². The maximum absolute atomic E-state index is 5.62. The smallest absolute Gasteiger partial charge is 0.162 e. The summed E-state index contributed by atoms with van der Waals surface area (Å²) >= 11 is 0. The van der Waals surface area contributed by atoms with Gasteiger partial charge in [0.1, 0.15) is 0 Å². The molecule has 2 aliphatic heterocycles. The predicted molar refractivity (Wildman–Crippen MR) is 45.9 cm³/mol. The van der Waals surface area contributed by atoms with Crippen molar-refractivity contribution in [3.05, 3.63) is 0 Å². The third-order valence-electron chi connectivity index (χ3n) is 2.66. The van der Waals surface area contributed by atoms with Crippen LogP contribution in [0.4, 0.5) is 0 Å². The van der Waals surface area contributed by atoms with Crippen LogP contribution in [-0.2, 0) is 9.47 Å². The van der Waals surface area contributed by atoms with E-state index >= 15 is 0 Å². The highest BCUT2D eigenvalue weighted by atomic mass is 16.7. The van der Waals surface area contributed by atoms with Gasteiger partial charge in [0.15, 0.2) is 5.79 Å². The number of hydrogen-bond acceptors (Lipinski definition) is 3. The van der Waals surface area contributed by atoms with Gasteiger partial charge in [-0.3, -0.25) is 0 Å². The van der Waals surface area contributed by atoms with Crippen LogP contribution in [0, 0.1) is 5.41 Å². The lowest BCUT2D eigenvalue weighted by Crippen LogP contribution is -2.63. The Bertz CT molecular complexity index is 173. The molecule has 0 aromatic rings. The van der Waals surface area contributed by atoms with Gasteiger partial charge in [-0.1, -0.05) is 0 Å². The van der Waals surface area contributed by atoms with Crippen molar-refractivity contribution in [3.63, 3.8) is 0 Å². The summed E-state index contributed by atoms with van der Waals surface area (Å²) in [6, 6.07) is 0. The zero-order valence-electron chi connectivity index (χ0n) is 8.09. The molecule has 2 heterocycles. The van der Waals surface area contributed by atoms with Crippen LogP contribution in [-0.4, -0.2) is 44.0 Å². The van der Waals surface area contributed by atoms with E-state index in [1.54, 1.807) is 0 Å². The Morgan fingerprint density at radius 3 is 2.00 bits per heavy atom. The maximum atomic E-state index is 5.62. The third-order valence-corrected chi connectivity index (χ3v) is 2.66. The molecular formula is C9H17NO2. The summed E-state index contributed by atoms with van der Waals surface area (Å²) in [5.41, 5.74) is 0.310. The van der Waals surface area contributed by atoms with Crippen LogP contribution in [0.1, 0.15) is 13.8 Å². The van der Waals surface area contributed by atoms with Gasteiger partial charge in [-0.25, -0.2) is 0 Å². The second-order valence-electron chi connectivity index (χ2n) is 4.65. The van der Waals surface area contributed by atoms with Crippen molar-refractivity contribution in [2.24, 2.45) is 5.41 Å². The standard InChI is InChI=1S/C9H17NO2/c1-8(2)11-6-9(7-12-8)4-10(3)5-9/h4-7H2,1-3H3. The van der Waals surface area contributed by atoms with Gasteiger partial charge in [0.25, 0.3) is 0 Å². The number of ether oxygens (including phenoxy) is 2. The van der Waals surface area contributed by atoms with Crippen molar-refractivity contribution in [2.45, 2.75) is 19.6 Å². The Balaban J connectivity index is 1.91. The van der Waals surface area contributed by atoms with Crippen molar-refractivity contribution < 1.29 is 9.47 Å². The fourth-order valence-electron chi connectivity index (χ4n) is 2.02. The van der Waals surface area contributed by atoms with Crippen LogP contribution >= 0.6 is 0 Å². The van der Waals surface area contributed by atoms with Gasteiger partial charge in [-0.15, -0.1) is 0 Å². The molecule has 0 aliphatic carbocycles. The molecule has 0 radical (unpaired) electrons. The average Bonchev–Trinajstić information content (AvgIpc) is 1.92. The van der Waals surface area contributed by atoms with E-state index in [-0.39, 0.29) is 5.79 Å². The molecule has 3 nitrogen and oxygen atoms in total. The molecule has 2 rings (SSSR count). The molecule has 0 N–H and O–H groups in total. The second kappa shape index (κ2) is 2.44. The van der Waals surface area contributed by atoms with Crippen LogP contribution in [0.2, 0.25) is 0 Å². The molecule has 0 amide bonds. The molecule has 0 unspecified atom stereocenters. The van der Waals surface area contributed by atoms with E-state index in [9.17, 15) is 0 Å². The van der Waals surface area contributed by atoms with Gasteiger partial charge in [0.2, 0.25) is 0 Å². The van der Waals surface area contributed by atoms with E-state index in [1.165, 1.54) is 0 Å². The highest BCUT2D eigenvalue weighted by Crippen LogP contribution is 2.36. The van der Waals surface area contributed by atoms with Gasteiger partial charge in [0.05, 0.1) is 13.2 Å². The van der Waals surface area contributed by atoms with Crippen LogP contribution in [0.25, 0.3) is 0 Å². The fraction of sp³-hybridized carbons (Fsp3) is 1.00. The van der Waals surface area contributed by atoms with Crippen LogP contribution in [0.3, 0.4) is 0 Å². The monoisotopic (exact) mass is 171 g/mol. The van der Waals surface area contributed by atoms with Crippen molar-refractivity contribution in [3.8, 4) is 0 Å². The molecular weight excluding hydrogens is 154 g/mol. The highest BCUT2D eigenvalue weighted by molar-refractivity contribution is 4.95. The van der Waals surface area contributed by atoms with Gasteiger partial charge in [0, 0.05) is 18.5 Å². The maximum Gasteiger partial charge on any atom is 0.162 e. The van der Waals surface area contributed by atoms with E-state index in [0.717, 1.165) is 26.3 Å². The zero-order chi connectivity index (χ0) is 8.82. The summed E-state index contributed by atoms with van der Waals surface area (Å²) < 4.78 is 11.2.